The predicted molar refractivity (Wildman–Crippen MR) is 99.6 cm³/mol. The van der Waals surface area contributed by atoms with Crippen molar-refractivity contribution in [3.05, 3.63) is 57.6 Å². The van der Waals surface area contributed by atoms with E-state index in [4.69, 9.17) is 4.74 Å². The van der Waals surface area contributed by atoms with Crippen LogP contribution >= 0.6 is 15.9 Å². The molecular formula is C19H24BrNO3. The van der Waals surface area contributed by atoms with Gasteiger partial charge >= 0.3 is 0 Å². The molecule has 2 aromatic rings. The number of aryl methyl sites for hydroxylation is 2. The van der Waals surface area contributed by atoms with Crippen LogP contribution in [0.5, 0.6) is 11.5 Å². The van der Waals surface area contributed by atoms with E-state index in [1.807, 2.05) is 26.8 Å². The summed E-state index contributed by atoms with van der Waals surface area (Å²) < 4.78 is 6.91. The zero-order valence-electron chi connectivity index (χ0n) is 14.2. The van der Waals surface area contributed by atoms with Gasteiger partial charge in [0, 0.05) is 17.1 Å². The van der Waals surface area contributed by atoms with E-state index in [0.29, 0.717) is 13.2 Å². The second kappa shape index (κ2) is 8.51. The smallest absolute Gasteiger partial charge is 0.122 e. The summed E-state index contributed by atoms with van der Waals surface area (Å²) in [6, 6.07) is 10.6. The highest BCUT2D eigenvalue weighted by Crippen LogP contribution is 2.26. The number of phenols is 1. The van der Waals surface area contributed by atoms with Crippen molar-refractivity contribution < 1.29 is 14.9 Å². The Labute approximate surface area is 151 Å². The summed E-state index contributed by atoms with van der Waals surface area (Å²) in [5.74, 6) is 1.07. The molecule has 0 aromatic heterocycles. The third kappa shape index (κ3) is 4.97. The minimum Gasteiger partial charge on any atom is -0.508 e. The molecule has 0 saturated heterocycles. The Bertz CT molecular complexity index is 673. The summed E-state index contributed by atoms with van der Waals surface area (Å²) in [4.78, 5) is 0. The van der Waals surface area contributed by atoms with Crippen LogP contribution in [0, 0.1) is 13.8 Å². The van der Waals surface area contributed by atoms with Crippen molar-refractivity contribution in [1.29, 1.82) is 0 Å². The lowest BCUT2D eigenvalue weighted by atomic mass is 10.0. The summed E-state index contributed by atoms with van der Waals surface area (Å²) in [5.41, 5.74) is 3.00. The number of hydrogen-bond acceptors (Lipinski definition) is 4. The minimum atomic E-state index is -0.637. The number of phenolic OH excluding ortho intramolecular Hbond substituents is 1. The molecule has 2 aromatic carbocycles. The SMILES string of the molecule is Cc1cc(OCCN[C@@H](C)[C@H](O)c2ccc(O)cc2)c(C)cc1Br. The second-order valence-corrected chi connectivity index (χ2v) is 6.85. The van der Waals surface area contributed by atoms with E-state index in [-0.39, 0.29) is 11.8 Å². The normalized spacial score (nSPS) is 13.5. The van der Waals surface area contributed by atoms with Gasteiger partial charge in [0.25, 0.3) is 0 Å². The van der Waals surface area contributed by atoms with E-state index in [9.17, 15) is 10.2 Å². The molecule has 0 radical (unpaired) electrons. The largest absolute Gasteiger partial charge is 0.508 e. The average Bonchev–Trinajstić information content (AvgIpc) is 2.55. The lowest BCUT2D eigenvalue weighted by molar-refractivity contribution is 0.133. The Hall–Kier alpha value is -1.56. The Balaban J connectivity index is 1.81. The fourth-order valence-electron chi connectivity index (χ4n) is 2.43. The second-order valence-electron chi connectivity index (χ2n) is 5.99. The first kappa shape index (κ1) is 18.8. The number of ether oxygens (including phenoxy) is 1. The van der Waals surface area contributed by atoms with Crippen molar-refractivity contribution in [2.75, 3.05) is 13.2 Å². The zero-order valence-corrected chi connectivity index (χ0v) is 15.8. The number of aromatic hydroxyl groups is 1. The van der Waals surface area contributed by atoms with Crippen LogP contribution in [0.4, 0.5) is 0 Å². The minimum absolute atomic E-state index is 0.120. The molecule has 0 saturated carbocycles. The van der Waals surface area contributed by atoms with Gasteiger partial charge in [0.05, 0.1) is 6.10 Å². The van der Waals surface area contributed by atoms with Crippen molar-refractivity contribution in [1.82, 2.24) is 5.32 Å². The molecule has 3 N–H and O–H groups in total. The Morgan fingerprint density at radius 3 is 2.46 bits per heavy atom. The van der Waals surface area contributed by atoms with Crippen LogP contribution in [0.15, 0.2) is 40.9 Å². The molecule has 2 atom stereocenters. The topological polar surface area (TPSA) is 61.7 Å². The van der Waals surface area contributed by atoms with E-state index in [1.165, 1.54) is 0 Å². The maximum atomic E-state index is 10.3. The first-order valence-corrected chi connectivity index (χ1v) is 8.77. The lowest BCUT2D eigenvalue weighted by Gasteiger charge is -2.21. The standard InChI is InChI=1S/C19H24BrNO3/c1-12-11-18(13(2)10-17(12)20)24-9-8-21-14(3)19(23)15-4-6-16(22)7-5-15/h4-7,10-11,14,19,21-23H,8-9H2,1-3H3/t14-,19-/m0/s1. The van der Waals surface area contributed by atoms with E-state index in [0.717, 1.165) is 26.9 Å². The van der Waals surface area contributed by atoms with Gasteiger partial charge in [-0.1, -0.05) is 28.1 Å². The number of nitrogens with one attached hydrogen (secondary N) is 1. The van der Waals surface area contributed by atoms with Gasteiger partial charge in [-0.05, 0) is 61.7 Å². The van der Waals surface area contributed by atoms with Gasteiger partial charge in [-0.15, -0.1) is 0 Å². The summed E-state index contributed by atoms with van der Waals surface area (Å²) in [6.45, 7) is 7.13. The molecule has 0 aliphatic carbocycles. The van der Waals surface area contributed by atoms with Crippen LogP contribution in [0.2, 0.25) is 0 Å². The van der Waals surface area contributed by atoms with Crippen LogP contribution in [0.3, 0.4) is 0 Å². The molecule has 4 nitrogen and oxygen atoms in total. The maximum Gasteiger partial charge on any atom is 0.122 e. The van der Waals surface area contributed by atoms with E-state index >= 15 is 0 Å². The van der Waals surface area contributed by atoms with Crippen molar-refractivity contribution in [2.45, 2.75) is 32.9 Å². The summed E-state index contributed by atoms with van der Waals surface area (Å²) in [7, 11) is 0. The monoisotopic (exact) mass is 393 g/mol. The van der Waals surface area contributed by atoms with Crippen LogP contribution in [0.1, 0.15) is 29.7 Å². The third-order valence-electron chi connectivity index (χ3n) is 3.99. The van der Waals surface area contributed by atoms with Gasteiger partial charge in [0.2, 0.25) is 0 Å². The zero-order chi connectivity index (χ0) is 17.7. The number of halogens is 1. The number of aliphatic hydroxyl groups excluding tert-OH is 1. The van der Waals surface area contributed by atoms with Crippen LogP contribution in [-0.2, 0) is 0 Å². The molecule has 0 bridgehead atoms. The van der Waals surface area contributed by atoms with Crippen molar-refractivity contribution in [2.24, 2.45) is 0 Å². The number of aliphatic hydroxyl groups is 1. The molecule has 0 aliphatic heterocycles. The quantitative estimate of drug-likeness (QED) is 0.624. The van der Waals surface area contributed by atoms with E-state index < -0.39 is 6.10 Å². The van der Waals surface area contributed by atoms with Gasteiger partial charge < -0.3 is 20.3 Å². The van der Waals surface area contributed by atoms with Gasteiger partial charge in [-0.2, -0.15) is 0 Å². The fraction of sp³-hybridized carbons (Fsp3) is 0.368. The van der Waals surface area contributed by atoms with Gasteiger partial charge in [0.1, 0.15) is 18.1 Å². The molecule has 0 unspecified atom stereocenters. The number of benzene rings is 2. The third-order valence-corrected chi connectivity index (χ3v) is 4.84. The Morgan fingerprint density at radius 1 is 1.12 bits per heavy atom. The molecule has 24 heavy (non-hydrogen) atoms. The van der Waals surface area contributed by atoms with Crippen LogP contribution < -0.4 is 10.1 Å². The summed E-state index contributed by atoms with van der Waals surface area (Å²) in [5, 5.41) is 22.9. The predicted octanol–water partition coefficient (Wildman–Crippen LogP) is 3.86. The molecule has 2 rings (SSSR count). The Kier molecular flexibility index (Phi) is 6.66. The van der Waals surface area contributed by atoms with Crippen molar-refractivity contribution >= 4 is 15.9 Å². The summed E-state index contributed by atoms with van der Waals surface area (Å²) in [6.07, 6.45) is -0.637. The van der Waals surface area contributed by atoms with Crippen molar-refractivity contribution in [3.63, 3.8) is 0 Å². The maximum absolute atomic E-state index is 10.3. The highest BCUT2D eigenvalue weighted by atomic mass is 79.9. The van der Waals surface area contributed by atoms with E-state index in [1.54, 1.807) is 24.3 Å². The molecular weight excluding hydrogens is 370 g/mol. The number of hydrogen-bond donors (Lipinski definition) is 3. The van der Waals surface area contributed by atoms with Gasteiger partial charge in [-0.3, -0.25) is 0 Å². The Morgan fingerprint density at radius 2 is 1.79 bits per heavy atom. The molecule has 0 aliphatic rings. The fourth-order valence-corrected chi connectivity index (χ4v) is 2.89. The number of rotatable bonds is 7. The van der Waals surface area contributed by atoms with Crippen LogP contribution in [-0.4, -0.2) is 29.4 Å². The molecule has 0 spiro atoms. The molecule has 0 heterocycles. The first-order chi connectivity index (χ1) is 11.4. The summed E-state index contributed by atoms with van der Waals surface area (Å²) >= 11 is 3.51. The van der Waals surface area contributed by atoms with E-state index in [2.05, 4.69) is 27.3 Å². The molecule has 5 heteroatoms. The molecule has 130 valence electrons. The van der Waals surface area contributed by atoms with Crippen LogP contribution in [0.25, 0.3) is 0 Å². The van der Waals surface area contributed by atoms with Crippen molar-refractivity contribution in [3.8, 4) is 11.5 Å². The first-order valence-electron chi connectivity index (χ1n) is 7.98. The molecule has 0 fully saturated rings. The highest BCUT2D eigenvalue weighted by Gasteiger charge is 2.15. The lowest BCUT2D eigenvalue weighted by Crippen LogP contribution is -2.35. The van der Waals surface area contributed by atoms with Gasteiger partial charge in [-0.25, -0.2) is 0 Å². The average molecular weight is 394 g/mol. The highest BCUT2D eigenvalue weighted by molar-refractivity contribution is 9.10. The molecule has 0 amide bonds. The van der Waals surface area contributed by atoms with Gasteiger partial charge in [0.15, 0.2) is 0 Å².